The van der Waals surface area contributed by atoms with Gasteiger partial charge in [-0.25, -0.2) is 0 Å². The highest BCUT2D eigenvalue weighted by atomic mass is 127. The van der Waals surface area contributed by atoms with E-state index in [-0.39, 0.29) is 42.2 Å². The predicted molar refractivity (Wildman–Crippen MR) is 107 cm³/mol. The Labute approximate surface area is 167 Å². The number of rotatable bonds is 7. The van der Waals surface area contributed by atoms with Crippen molar-refractivity contribution in [2.24, 2.45) is 10.7 Å². The number of halogens is 4. The maximum Gasteiger partial charge on any atom is 0.573 e. The van der Waals surface area contributed by atoms with Gasteiger partial charge in [0.15, 0.2) is 5.96 Å². The third kappa shape index (κ3) is 8.41. The van der Waals surface area contributed by atoms with Gasteiger partial charge in [0.1, 0.15) is 5.75 Å². The lowest BCUT2D eigenvalue weighted by atomic mass is 10.1. The van der Waals surface area contributed by atoms with Crippen LogP contribution in [-0.2, 0) is 12.8 Å². The molecule has 0 aliphatic rings. The Bertz CT molecular complexity index is 694. The molecule has 8 heteroatoms. The lowest BCUT2D eigenvalue weighted by Gasteiger charge is -2.12. The number of aliphatic imine (C=N–C) groups is 1. The molecule has 0 aliphatic carbocycles. The zero-order valence-electron chi connectivity index (χ0n) is 14.0. The van der Waals surface area contributed by atoms with Crippen molar-refractivity contribution in [1.29, 1.82) is 0 Å². The first-order valence-electron chi connectivity index (χ1n) is 7.85. The number of para-hydroxylation sites is 1. The lowest BCUT2D eigenvalue weighted by Crippen LogP contribution is -2.33. The van der Waals surface area contributed by atoms with Gasteiger partial charge in [0.2, 0.25) is 0 Å². The molecular formula is C18H21F3IN3O. The molecule has 0 spiro atoms. The maximum atomic E-state index is 12.4. The van der Waals surface area contributed by atoms with Gasteiger partial charge in [-0.05, 0) is 30.0 Å². The number of hydrogen-bond acceptors (Lipinski definition) is 2. The summed E-state index contributed by atoms with van der Waals surface area (Å²) in [6.07, 6.45) is -3.61. The van der Waals surface area contributed by atoms with E-state index in [9.17, 15) is 13.2 Å². The predicted octanol–water partition coefficient (Wildman–Crippen LogP) is 3.89. The van der Waals surface area contributed by atoms with Crippen LogP contribution in [0.5, 0.6) is 5.75 Å². The normalized spacial score (nSPS) is 11.6. The molecule has 0 heterocycles. The molecule has 2 aromatic rings. The summed E-state index contributed by atoms with van der Waals surface area (Å²) in [5, 5.41) is 2.99. The van der Waals surface area contributed by atoms with Crippen LogP contribution in [0.25, 0.3) is 0 Å². The van der Waals surface area contributed by atoms with Crippen molar-refractivity contribution in [2.75, 3.05) is 13.1 Å². The van der Waals surface area contributed by atoms with Gasteiger partial charge in [0, 0.05) is 13.1 Å². The van der Waals surface area contributed by atoms with E-state index < -0.39 is 6.36 Å². The molecule has 0 atom stereocenters. The molecule has 0 aliphatic heterocycles. The van der Waals surface area contributed by atoms with Gasteiger partial charge >= 0.3 is 6.36 Å². The van der Waals surface area contributed by atoms with E-state index in [0.717, 1.165) is 6.42 Å². The summed E-state index contributed by atoms with van der Waals surface area (Å²) < 4.78 is 41.1. The van der Waals surface area contributed by atoms with Crippen LogP contribution in [0.4, 0.5) is 13.2 Å². The van der Waals surface area contributed by atoms with E-state index in [4.69, 9.17) is 5.73 Å². The number of alkyl halides is 3. The number of guanidine groups is 1. The topological polar surface area (TPSA) is 59.6 Å². The van der Waals surface area contributed by atoms with Gasteiger partial charge in [0.05, 0.1) is 0 Å². The van der Waals surface area contributed by atoms with E-state index in [0.29, 0.717) is 18.5 Å². The molecule has 2 aromatic carbocycles. The van der Waals surface area contributed by atoms with Gasteiger partial charge in [-0.3, -0.25) is 4.99 Å². The highest BCUT2D eigenvalue weighted by molar-refractivity contribution is 14.0. The molecule has 4 nitrogen and oxygen atoms in total. The van der Waals surface area contributed by atoms with Gasteiger partial charge in [-0.15, -0.1) is 37.1 Å². The van der Waals surface area contributed by atoms with E-state index in [1.165, 1.54) is 17.7 Å². The number of benzene rings is 2. The molecule has 0 saturated carbocycles. The summed E-state index contributed by atoms with van der Waals surface area (Å²) in [7, 11) is 0. The zero-order valence-corrected chi connectivity index (χ0v) is 16.3. The van der Waals surface area contributed by atoms with Crippen LogP contribution in [0.1, 0.15) is 11.1 Å². The number of nitrogens with one attached hydrogen (secondary N) is 1. The molecule has 0 fully saturated rings. The fraction of sp³-hybridized carbons (Fsp3) is 0.278. The van der Waals surface area contributed by atoms with Crippen molar-refractivity contribution in [3.05, 3.63) is 65.7 Å². The molecule has 3 N–H and O–H groups in total. The summed E-state index contributed by atoms with van der Waals surface area (Å²) in [5.74, 6) is 0.0611. The Kier molecular flexibility index (Phi) is 9.25. The van der Waals surface area contributed by atoms with Crippen LogP contribution in [-0.4, -0.2) is 25.4 Å². The van der Waals surface area contributed by atoms with Crippen molar-refractivity contribution in [3.8, 4) is 5.75 Å². The second-order valence-electron chi connectivity index (χ2n) is 5.33. The van der Waals surface area contributed by atoms with Crippen molar-refractivity contribution in [2.45, 2.75) is 19.2 Å². The van der Waals surface area contributed by atoms with Crippen LogP contribution < -0.4 is 15.8 Å². The Balaban J connectivity index is 0.00000338. The minimum atomic E-state index is -4.71. The summed E-state index contributed by atoms with van der Waals surface area (Å²) >= 11 is 0. The molecule has 0 radical (unpaired) electrons. The molecule has 0 saturated heterocycles. The Hall–Kier alpha value is -1.97. The second-order valence-corrected chi connectivity index (χ2v) is 5.33. The minimum absolute atomic E-state index is 0. The van der Waals surface area contributed by atoms with E-state index >= 15 is 0 Å². The fourth-order valence-electron chi connectivity index (χ4n) is 2.27. The Morgan fingerprint density at radius 3 is 2.35 bits per heavy atom. The summed E-state index contributed by atoms with van der Waals surface area (Å²) in [6, 6.07) is 15.9. The van der Waals surface area contributed by atoms with Crippen molar-refractivity contribution in [1.82, 2.24) is 5.32 Å². The average Bonchev–Trinajstić information content (AvgIpc) is 2.56. The lowest BCUT2D eigenvalue weighted by molar-refractivity contribution is -0.274. The third-order valence-corrected chi connectivity index (χ3v) is 3.42. The monoisotopic (exact) mass is 479 g/mol. The van der Waals surface area contributed by atoms with E-state index in [2.05, 4.69) is 15.0 Å². The second kappa shape index (κ2) is 10.9. The number of hydrogen-bond donors (Lipinski definition) is 2. The van der Waals surface area contributed by atoms with Crippen LogP contribution in [0.15, 0.2) is 59.6 Å². The molecule has 0 bridgehead atoms. The molecule has 26 heavy (non-hydrogen) atoms. The summed E-state index contributed by atoms with van der Waals surface area (Å²) in [4.78, 5) is 4.13. The van der Waals surface area contributed by atoms with E-state index in [1.54, 1.807) is 12.1 Å². The van der Waals surface area contributed by atoms with Crippen LogP contribution in [0.2, 0.25) is 0 Å². The highest BCUT2D eigenvalue weighted by Crippen LogP contribution is 2.26. The fourth-order valence-corrected chi connectivity index (χ4v) is 2.27. The zero-order chi connectivity index (χ0) is 18.1. The number of nitrogens with two attached hydrogens (primary N) is 1. The maximum absolute atomic E-state index is 12.4. The highest BCUT2D eigenvalue weighted by Gasteiger charge is 2.31. The van der Waals surface area contributed by atoms with Gasteiger partial charge in [-0.2, -0.15) is 0 Å². The number of nitrogens with zero attached hydrogens (tertiary/aromatic N) is 1. The molecule has 142 valence electrons. The first-order chi connectivity index (χ1) is 11.9. The molecular weight excluding hydrogens is 458 g/mol. The minimum Gasteiger partial charge on any atom is -0.406 e. The van der Waals surface area contributed by atoms with Crippen molar-refractivity contribution < 1.29 is 17.9 Å². The first kappa shape index (κ1) is 22.1. The largest absolute Gasteiger partial charge is 0.573 e. The van der Waals surface area contributed by atoms with Gasteiger partial charge in [-0.1, -0.05) is 48.5 Å². The van der Waals surface area contributed by atoms with E-state index in [1.807, 2.05) is 30.3 Å². The molecule has 2 rings (SSSR count). The smallest absolute Gasteiger partial charge is 0.406 e. The van der Waals surface area contributed by atoms with Crippen LogP contribution >= 0.6 is 24.0 Å². The Morgan fingerprint density at radius 1 is 1.00 bits per heavy atom. The Morgan fingerprint density at radius 2 is 1.65 bits per heavy atom. The molecule has 0 amide bonds. The van der Waals surface area contributed by atoms with Crippen LogP contribution in [0.3, 0.4) is 0 Å². The standard InChI is InChI=1S/C18H20F3N3O.HI/c19-18(20,21)25-16-9-5-4-8-15(16)11-13-24-17(22)23-12-10-14-6-2-1-3-7-14;/h1-9H,10-13H2,(H3,22,23,24);1H. The van der Waals surface area contributed by atoms with Gasteiger partial charge < -0.3 is 15.8 Å². The summed E-state index contributed by atoms with van der Waals surface area (Å²) in [5.41, 5.74) is 7.38. The van der Waals surface area contributed by atoms with Crippen LogP contribution in [0, 0.1) is 0 Å². The quantitative estimate of drug-likeness (QED) is 0.360. The molecule has 0 unspecified atom stereocenters. The SMILES string of the molecule is I.NC(=NCCc1ccccc1OC(F)(F)F)NCCc1ccccc1. The summed E-state index contributed by atoms with van der Waals surface area (Å²) in [6.45, 7) is 0.898. The molecule has 0 aromatic heterocycles. The van der Waals surface area contributed by atoms with Crippen molar-refractivity contribution >= 4 is 29.9 Å². The third-order valence-electron chi connectivity index (χ3n) is 3.42. The van der Waals surface area contributed by atoms with Gasteiger partial charge in [0.25, 0.3) is 0 Å². The van der Waals surface area contributed by atoms with Crippen molar-refractivity contribution in [3.63, 3.8) is 0 Å². The first-order valence-corrected chi connectivity index (χ1v) is 7.85. The average molecular weight is 479 g/mol. The number of ether oxygens (including phenoxy) is 1.